The summed E-state index contributed by atoms with van der Waals surface area (Å²) in [5, 5.41) is 3.59. The first-order valence-corrected chi connectivity index (χ1v) is 14.2. The lowest BCUT2D eigenvalue weighted by molar-refractivity contribution is 0.175. The summed E-state index contributed by atoms with van der Waals surface area (Å²) in [4.78, 5) is 17.1. The second-order valence-electron chi connectivity index (χ2n) is 9.78. The zero-order valence-corrected chi connectivity index (χ0v) is 22.8. The Morgan fingerprint density at radius 1 is 1.08 bits per heavy atom. The fourth-order valence-corrected chi connectivity index (χ4v) is 6.28. The molecular formula is C29H41N3O3S. The Hall–Kier alpha value is -2.35. The Balaban J connectivity index is 1.16. The highest BCUT2D eigenvalue weighted by atomic mass is 32.1. The predicted octanol–water partition coefficient (Wildman–Crippen LogP) is 5.18. The van der Waals surface area contributed by atoms with E-state index < -0.39 is 0 Å². The van der Waals surface area contributed by atoms with Crippen molar-refractivity contribution in [2.24, 2.45) is 0 Å². The van der Waals surface area contributed by atoms with Gasteiger partial charge < -0.3 is 24.7 Å². The maximum atomic E-state index is 11.5. The van der Waals surface area contributed by atoms with Gasteiger partial charge in [-0.1, -0.05) is 36.8 Å². The van der Waals surface area contributed by atoms with Gasteiger partial charge in [-0.25, -0.2) is 0 Å². The van der Waals surface area contributed by atoms with Crippen molar-refractivity contribution in [2.45, 2.75) is 64.3 Å². The number of nitrogens with one attached hydrogen (secondary N) is 2. The molecule has 0 bridgehead atoms. The topological polar surface area (TPSA) is 66.6 Å². The van der Waals surface area contributed by atoms with Gasteiger partial charge in [-0.2, -0.15) is 0 Å². The van der Waals surface area contributed by atoms with Crippen LogP contribution in [0.1, 0.15) is 55.7 Å². The Kier molecular flexibility index (Phi) is 9.84. The summed E-state index contributed by atoms with van der Waals surface area (Å²) in [7, 11) is 3.46. The SMILES string of the molecule is CCCN(CCCCCNCCc1ccc2[nH]c(=O)sc2c1)[C@H]1CCc2c(ccc(OC)c2OC)C1. The number of benzene rings is 2. The van der Waals surface area contributed by atoms with E-state index in [1.165, 1.54) is 73.2 Å². The molecule has 1 heterocycles. The van der Waals surface area contributed by atoms with Gasteiger partial charge >= 0.3 is 4.87 Å². The van der Waals surface area contributed by atoms with E-state index in [-0.39, 0.29) is 4.87 Å². The summed E-state index contributed by atoms with van der Waals surface area (Å²) < 4.78 is 12.2. The second-order valence-corrected chi connectivity index (χ2v) is 10.8. The lowest BCUT2D eigenvalue weighted by atomic mass is 9.86. The van der Waals surface area contributed by atoms with Crippen molar-refractivity contribution >= 4 is 21.6 Å². The van der Waals surface area contributed by atoms with E-state index in [2.05, 4.69) is 46.4 Å². The molecule has 1 aliphatic rings. The number of thiazole rings is 1. The molecule has 6 nitrogen and oxygen atoms in total. The van der Waals surface area contributed by atoms with Gasteiger partial charge in [0.1, 0.15) is 0 Å². The maximum absolute atomic E-state index is 11.5. The van der Waals surface area contributed by atoms with E-state index in [0.717, 1.165) is 54.1 Å². The molecule has 0 saturated carbocycles. The maximum Gasteiger partial charge on any atom is 0.305 e. The molecule has 196 valence electrons. The van der Waals surface area contributed by atoms with Crippen LogP contribution in [0.25, 0.3) is 10.2 Å². The number of nitrogens with zero attached hydrogens (tertiary/aromatic N) is 1. The van der Waals surface area contributed by atoms with Crippen LogP contribution in [0, 0.1) is 0 Å². The van der Waals surface area contributed by atoms with Gasteiger partial charge in [-0.3, -0.25) is 4.79 Å². The summed E-state index contributed by atoms with van der Waals surface area (Å²) in [6.07, 6.45) is 9.24. The number of H-pyrrole nitrogens is 1. The third kappa shape index (κ3) is 6.69. The van der Waals surface area contributed by atoms with Crippen LogP contribution >= 0.6 is 11.3 Å². The molecule has 0 unspecified atom stereocenters. The van der Waals surface area contributed by atoms with Gasteiger partial charge in [-0.15, -0.1) is 0 Å². The molecule has 3 aromatic rings. The fraction of sp³-hybridized carbons (Fsp3) is 0.552. The molecule has 4 rings (SSSR count). The lowest BCUT2D eigenvalue weighted by Gasteiger charge is -2.36. The van der Waals surface area contributed by atoms with E-state index in [1.807, 2.05) is 6.07 Å². The fourth-order valence-electron chi connectivity index (χ4n) is 5.48. The Bertz CT molecular complexity index is 1170. The van der Waals surface area contributed by atoms with Gasteiger partial charge in [0, 0.05) is 11.6 Å². The van der Waals surface area contributed by atoms with Crippen molar-refractivity contribution in [2.75, 3.05) is 40.4 Å². The largest absolute Gasteiger partial charge is 0.493 e. The molecular weight excluding hydrogens is 470 g/mol. The predicted molar refractivity (Wildman–Crippen MR) is 150 cm³/mol. The number of unbranched alkanes of at least 4 members (excludes halogenated alkanes) is 2. The van der Waals surface area contributed by atoms with Gasteiger partial charge in [0.2, 0.25) is 0 Å². The third-order valence-electron chi connectivity index (χ3n) is 7.33. The molecule has 0 amide bonds. The smallest absolute Gasteiger partial charge is 0.305 e. The van der Waals surface area contributed by atoms with E-state index in [9.17, 15) is 4.79 Å². The highest BCUT2D eigenvalue weighted by Gasteiger charge is 2.27. The summed E-state index contributed by atoms with van der Waals surface area (Å²) >= 11 is 1.29. The summed E-state index contributed by atoms with van der Waals surface area (Å²) in [5.41, 5.74) is 4.97. The van der Waals surface area contributed by atoms with Crippen LogP contribution in [0.15, 0.2) is 35.1 Å². The van der Waals surface area contributed by atoms with Crippen LogP contribution in [0.5, 0.6) is 11.5 Å². The molecule has 0 saturated heterocycles. The van der Waals surface area contributed by atoms with E-state index in [0.29, 0.717) is 6.04 Å². The summed E-state index contributed by atoms with van der Waals surface area (Å²) in [5.74, 6) is 1.76. The zero-order valence-electron chi connectivity index (χ0n) is 22.0. The molecule has 1 aliphatic carbocycles. The van der Waals surface area contributed by atoms with Crippen LogP contribution in [0.4, 0.5) is 0 Å². The Morgan fingerprint density at radius 3 is 2.78 bits per heavy atom. The van der Waals surface area contributed by atoms with Crippen LogP contribution in [-0.2, 0) is 19.3 Å². The van der Waals surface area contributed by atoms with Crippen LogP contribution in [-0.4, -0.2) is 56.3 Å². The summed E-state index contributed by atoms with van der Waals surface area (Å²) in [6, 6.07) is 11.2. The van der Waals surface area contributed by atoms with E-state index in [4.69, 9.17) is 9.47 Å². The molecule has 2 aromatic carbocycles. The van der Waals surface area contributed by atoms with Crippen molar-refractivity contribution in [3.05, 3.63) is 56.7 Å². The minimum Gasteiger partial charge on any atom is -0.493 e. The van der Waals surface area contributed by atoms with Crippen LogP contribution in [0.3, 0.4) is 0 Å². The number of hydrogen-bond acceptors (Lipinski definition) is 6. The minimum atomic E-state index is 0.0203. The number of hydrogen-bond donors (Lipinski definition) is 2. The molecule has 36 heavy (non-hydrogen) atoms. The van der Waals surface area contributed by atoms with Crippen LogP contribution in [0.2, 0.25) is 0 Å². The molecule has 0 spiro atoms. The minimum absolute atomic E-state index is 0.0203. The van der Waals surface area contributed by atoms with Crippen molar-refractivity contribution in [3.63, 3.8) is 0 Å². The molecule has 0 aliphatic heterocycles. The Morgan fingerprint density at radius 2 is 1.97 bits per heavy atom. The average Bonchev–Trinajstić information content (AvgIpc) is 3.27. The highest BCUT2D eigenvalue weighted by Crippen LogP contribution is 2.38. The number of rotatable bonds is 14. The molecule has 0 fully saturated rings. The monoisotopic (exact) mass is 511 g/mol. The number of aromatic nitrogens is 1. The van der Waals surface area contributed by atoms with Crippen molar-refractivity contribution in [1.82, 2.24) is 15.2 Å². The first-order chi connectivity index (χ1) is 17.6. The normalized spacial score (nSPS) is 15.4. The second kappa shape index (κ2) is 13.3. The van der Waals surface area contributed by atoms with Crippen molar-refractivity contribution < 1.29 is 9.47 Å². The van der Waals surface area contributed by atoms with E-state index >= 15 is 0 Å². The number of ether oxygens (including phenoxy) is 2. The van der Waals surface area contributed by atoms with Gasteiger partial charge in [0.15, 0.2) is 11.5 Å². The van der Waals surface area contributed by atoms with Gasteiger partial charge in [-0.05, 0) is 100 Å². The molecule has 1 aromatic heterocycles. The van der Waals surface area contributed by atoms with Gasteiger partial charge in [0.25, 0.3) is 0 Å². The van der Waals surface area contributed by atoms with Crippen molar-refractivity contribution in [3.8, 4) is 11.5 Å². The molecule has 2 N–H and O–H groups in total. The van der Waals surface area contributed by atoms with Crippen LogP contribution < -0.4 is 19.7 Å². The standard InChI is InChI=1S/C29H41N3O3S/c1-4-17-32(23-10-11-24-22(20-23)9-13-26(34-2)28(24)35-3)18-7-5-6-15-30-16-14-21-8-12-25-27(19-21)36-29(33)31-25/h8-9,12-13,19,23,30H,4-7,10-11,14-18,20H2,1-3H3,(H,31,33)/t23-/m0/s1. The highest BCUT2D eigenvalue weighted by molar-refractivity contribution is 7.16. The molecule has 0 radical (unpaired) electrons. The number of aromatic amines is 1. The Labute approximate surface area is 219 Å². The number of fused-ring (bicyclic) bond motifs is 2. The van der Waals surface area contributed by atoms with Gasteiger partial charge in [0.05, 0.1) is 24.4 Å². The average molecular weight is 512 g/mol. The first-order valence-electron chi connectivity index (χ1n) is 13.4. The summed E-state index contributed by atoms with van der Waals surface area (Å²) in [6.45, 7) is 6.68. The zero-order chi connectivity index (χ0) is 25.3. The third-order valence-corrected chi connectivity index (χ3v) is 8.18. The number of methoxy groups -OCH3 is 2. The van der Waals surface area contributed by atoms with E-state index in [1.54, 1.807) is 14.2 Å². The first kappa shape index (κ1) is 26.7. The quantitative estimate of drug-likeness (QED) is 0.292. The molecule has 7 heteroatoms. The lowest BCUT2D eigenvalue weighted by Crippen LogP contribution is -2.40. The van der Waals surface area contributed by atoms with Crippen molar-refractivity contribution in [1.29, 1.82) is 0 Å². The molecule has 1 atom stereocenters.